The number of fused-ring (bicyclic) bond motifs is 6. The van der Waals surface area contributed by atoms with Gasteiger partial charge in [0.15, 0.2) is 13.9 Å². The molecule has 3 aromatic heterocycles. The number of hydrogen-bond acceptors (Lipinski definition) is 3. The average molecular weight is 801 g/mol. The van der Waals surface area contributed by atoms with E-state index >= 15 is 0 Å². The van der Waals surface area contributed by atoms with Gasteiger partial charge in [0.05, 0.1) is 55.0 Å². The van der Waals surface area contributed by atoms with Crippen molar-refractivity contribution in [3.63, 3.8) is 0 Å². The summed E-state index contributed by atoms with van der Waals surface area (Å²) in [4.78, 5) is 14.1. The number of nitrogens with zero attached hydrogens (tertiary/aromatic N) is 5. The van der Waals surface area contributed by atoms with Crippen LogP contribution in [-0.2, 0) is 0 Å². The van der Waals surface area contributed by atoms with E-state index in [1.54, 1.807) is 31.2 Å². The summed E-state index contributed by atoms with van der Waals surface area (Å²) >= 11 is 0. The number of aromatic nitrogens is 5. The van der Waals surface area contributed by atoms with Gasteiger partial charge in [-0.15, -0.1) is 0 Å². The summed E-state index contributed by atoms with van der Waals surface area (Å²) in [6.07, 6.45) is 0. The third-order valence-electron chi connectivity index (χ3n) is 10.0. The zero-order valence-corrected chi connectivity index (χ0v) is 31.4. The van der Waals surface area contributed by atoms with Crippen molar-refractivity contribution < 1.29 is 37.0 Å². The van der Waals surface area contributed by atoms with Gasteiger partial charge in [-0.1, -0.05) is 187 Å². The minimum atomic E-state index is -5.17. The van der Waals surface area contributed by atoms with Crippen LogP contribution in [-0.4, -0.2) is 32.2 Å². The number of hydrogen-bond donors (Lipinski definition) is 0. The first-order valence-corrected chi connectivity index (χ1v) is 19.9. The van der Waals surface area contributed by atoms with Crippen molar-refractivity contribution in [2.75, 3.05) is 0 Å². The first-order chi connectivity index (χ1) is 40.3. The Hall–Kier alpha value is -7.41. The van der Waals surface area contributed by atoms with Crippen LogP contribution in [0.15, 0.2) is 200 Å². The lowest BCUT2D eigenvalue weighted by atomic mass is 10.2. The molecule has 0 radical (unpaired) electrons. The standard InChI is InChI=1S/C53H39N5Si/c1-36-18-16-23-40(34-36)59(39-21-4-3-5-22-39,50-33-15-6-19-37(50)2)41-24-17-20-38(35-41)51-54-52(57-46-29-11-7-25-42(46)43-26-8-12-30-47(43)57)56-53(55-51)58-48-31-13-9-27-44(48)45-28-10-14-32-49(45)58/h3-35H,1-2H3/i2D3,6D,7D,8D,9D,10D,11D,12D,13D,14D,15D,17D,19D,20D,24D,25D,26D,27D,28D,29D,30D,31D,32D,33D,35D. The number of benzene rings is 8. The molecule has 0 aliphatic carbocycles. The van der Waals surface area contributed by atoms with Crippen LogP contribution in [0, 0.1) is 13.8 Å². The molecule has 280 valence electrons. The van der Waals surface area contributed by atoms with E-state index in [1.807, 2.05) is 0 Å². The lowest BCUT2D eigenvalue weighted by Gasteiger charge is -2.36. The predicted molar refractivity (Wildman–Crippen MR) is 247 cm³/mol. The highest BCUT2D eigenvalue weighted by molar-refractivity contribution is 7.20. The Kier molecular flexibility index (Phi) is 3.96. The van der Waals surface area contributed by atoms with Gasteiger partial charge >= 0.3 is 0 Å². The van der Waals surface area contributed by atoms with Crippen LogP contribution in [0.1, 0.15) is 48.1 Å². The van der Waals surface area contributed by atoms with E-state index in [-0.39, 0.29) is 10.4 Å². The third-order valence-corrected chi connectivity index (χ3v) is 14.5. The second kappa shape index (κ2) is 13.9. The molecule has 1 unspecified atom stereocenters. The van der Waals surface area contributed by atoms with E-state index in [1.165, 1.54) is 30.3 Å². The first-order valence-electron chi connectivity index (χ1n) is 31.4. The molecule has 0 saturated heterocycles. The van der Waals surface area contributed by atoms with Crippen LogP contribution in [0.25, 0.3) is 66.9 Å². The molecular weight excluding hydrogens is 735 g/mol. The molecule has 0 amide bonds. The molecule has 0 saturated carbocycles. The quantitative estimate of drug-likeness (QED) is 0.119. The smallest absolute Gasteiger partial charge is 0.240 e. The average Bonchev–Trinajstić information content (AvgIpc) is 1.27. The van der Waals surface area contributed by atoms with E-state index < -0.39 is 243 Å². The molecule has 0 bridgehead atoms. The summed E-state index contributed by atoms with van der Waals surface area (Å²) < 4.78 is 249. The normalized spacial score (nSPS) is 19.4. The van der Waals surface area contributed by atoms with Gasteiger partial charge in [0.25, 0.3) is 0 Å². The Morgan fingerprint density at radius 2 is 1.02 bits per heavy atom. The summed E-state index contributed by atoms with van der Waals surface area (Å²) in [6.45, 7) is -1.71. The summed E-state index contributed by atoms with van der Waals surface area (Å²) in [5, 5.41) is -2.89. The Morgan fingerprint density at radius 1 is 0.492 bits per heavy atom. The Bertz CT molecular complexity index is 4550. The molecule has 0 spiro atoms. The molecule has 59 heavy (non-hydrogen) atoms. The minimum Gasteiger partial charge on any atom is -0.278 e. The van der Waals surface area contributed by atoms with Crippen molar-refractivity contribution in [2.45, 2.75) is 13.8 Å². The maximum atomic E-state index is 10.6. The van der Waals surface area contributed by atoms with Gasteiger partial charge in [-0.2, -0.15) is 15.0 Å². The molecule has 1 atom stereocenters. The summed E-state index contributed by atoms with van der Waals surface area (Å²) in [5.74, 6) is -2.72. The topological polar surface area (TPSA) is 48.5 Å². The monoisotopic (exact) mass is 800 g/mol. The van der Waals surface area contributed by atoms with Gasteiger partial charge in [-0.3, -0.25) is 9.13 Å². The molecule has 8 aromatic carbocycles. The van der Waals surface area contributed by atoms with E-state index in [9.17, 15) is 13.7 Å². The summed E-state index contributed by atoms with van der Waals surface area (Å²) in [5.41, 5.74) is -3.62. The van der Waals surface area contributed by atoms with Crippen LogP contribution in [0.2, 0.25) is 0 Å². The molecule has 6 heteroatoms. The molecule has 5 nitrogen and oxygen atoms in total. The number of rotatable bonds is 7. The van der Waals surface area contributed by atoms with Crippen LogP contribution in [0.4, 0.5) is 0 Å². The van der Waals surface area contributed by atoms with Crippen molar-refractivity contribution in [1.82, 2.24) is 24.1 Å². The maximum absolute atomic E-state index is 10.6. The Balaban J connectivity index is 1.44. The lowest BCUT2D eigenvalue weighted by Crippen LogP contribution is -2.75. The van der Waals surface area contributed by atoms with Crippen molar-refractivity contribution >= 4 is 72.4 Å². The number of aryl methyl sites for hydroxylation is 1. The van der Waals surface area contributed by atoms with Crippen molar-refractivity contribution in [3.05, 3.63) is 211 Å². The molecular formula is C53H39N5Si. The lowest BCUT2D eigenvalue weighted by molar-refractivity contribution is 0.893. The largest absolute Gasteiger partial charge is 0.278 e. The zero-order chi connectivity index (χ0) is 62.9. The van der Waals surface area contributed by atoms with E-state index in [0.29, 0.717) is 5.56 Å². The van der Waals surface area contributed by atoms with E-state index in [0.717, 1.165) is 9.13 Å². The molecule has 11 rings (SSSR count). The second-order valence-corrected chi connectivity index (χ2v) is 17.0. The van der Waals surface area contributed by atoms with Gasteiger partial charge in [0.1, 0.15) is 0 Å². The molecule has 3 heterocycles. The fourth-order valence-electron chi connectivity index (χ4n) is 7.58. The van der Waals surface area contributed by atoms with Gasteiger partial charge in [0, 0.05) is 31.2 Å². The second-order valence-electron chi connectivity index (χ2n) is 13.3. The SMILES string of the molecule is [2H]c1c([2H])c([2H])c([Si](c2ccccc2)(c2cccc(C)c2)c2c([2H])c([2H])c([2H])c(-c3nc(-n4c5c([2H])c([2H])c([2H])c([2H])c5c5c([2H])c([2H])c([2H])c([2H])c54)nc(-n4c5c([2H])c([2H])c([2H])c([2H])c5c5c([2H])c([2H])c([2H])c([2H])c54)n3)c2[2H])c(C([2H])([2H])[2H])c1[2H]. The fraction of sp³-hybridized carbons (Fsp3) is 0.0377. The summed E-state index contributed by atoms with van der Waals surface area (Å²) in [6, 6.07) is -7.31. The highest BCUT2D eigenvalue weighted by Gasteiger charge is 2.42. The Labute approximate surface area is 381 Å². The van der Waals surface area contributed by atoms with Gasteiger partial charge in [0.2, 0.25) is 11.9 Å². The molecule has 0 N–H and O–H groups in total. The maximum Gasteiger partial charge on any atom is 0.240 e. The van der Waals surface area contributed by atoms with Crippen LogP contribution < -0.4 is 20.7 Å². The zero-order valence-electron chi connectivity index (χ0n) is 57.4. The molecule has 0 fully saturated rings. The van der Waals surface area contributed by atoms with Crippen molar-refractivity contribution in [1.29, 1.82) is 0 Å². The van der Waals surface area contributed by atoms with Gasteiger partial charge in [-0.25, -0.2) is 0 Å². The Morgan fingerprint density at radius 3 is 1.58 bits per heavy atom. The minimum absolute atomic E-state index is 0.102. The highest BCUT2D eigenvalue weighted by Crippen LogP contribution is 2.34. The van der Waals surface area contributed by atoms with Crippen LogP contribution in [0.3, 0.4) is 0 Å². The first kappa shape index (κ1) is 16.8. The molecule has 0 aliphatic heterocycles. The highest BCUT2D eigenvalue weighted by atomic mass is 28.3. The van der Waals surface area contributed by atoms with Crippen LogP contribution in [0.5, 0.6) is 0 Å². The molecule has 0 aliphatic rings. The predicted octanol–water partition coefficient (Wildman–Crippen LogP) is 9.73. The van der Waals surface area contributed by atoms with Crippen LogP contribution >= 0.6 is 0 Å². The third kappa shape index (κ3) is 5.48. The fourth-order valence-corrected chi connectivity index (χ4v) is 12.1. The van der Waals surface area contributed by atoms with Gasteiger partial charge in [-0.05, 0) is 58.7 Å². The summed E-state index contributed by atoms with van der Waals surface area (Å²) in [7, 11) is -5.17. The van der Waals surface area contributed by atoms with E-state index in [4.69, 9.17) is 33.3 Å². The van der Waals surface area contributed by atoms with Crippen molar-refractivity contribution in [2.24, 2.45) is 0 Å². The van der Waals surface area contributed by atoms with Crippen molar-refractivity contribution in [3.8, 4) is 23.3 Å². The number of para-hydroxylation sites is 4. The molecule has 11 aromatic rings. The van der Waals surface area contributed by atoms with Gasteiger partial charge < -0.3 is 0 Å². The van der Waals surface area contributed by atoms with E-state index in [2.05, 4.69) is 4.98 Å².